The summed E-state index contributed by atoms with van der Waals surface area (Å²) < 4.78 is 4.89. The van der Waals surface area contributed by atoms with Crippen molar-refractivity contribution in [2.24, 2.45) is 0 Å². The minimum atomic E-state index is -0.939. The van der Waals surface area contributed by atoms with Crippen molar-refractivity contribution in [3.63, 3.8) is 0 Å². The molecular formula is C7H6O3S. The SMILES string of the molecule is O=C(O)CC(=S)c1ccco1. The van der Waals surface area contributed by atoms with Gasteiger partial charge < -0.3 is 9.52 Å². The van der Waals surface area contributed by atoms with Gasteiger partial charge in [-0.25, -0.2) is 0 Å². The second-order valence-electron chi connectivity index (χ2n) is 1.97. The van der Waals surface area contributed by atoms with Crippen LogP contribution in [0.2, 0.25) is 0 Å². The Kier molecular flexibility index (Phi) is 2.38. The molecule has 0 aliphatic rings. The van der Waals surface area contributed by atoms with E-state index in [0.29, 0.717) is 10.6 Å². The first kappa shape index (κ1) is 7.94. The molecule has 0 aromatic carbocycles. The van der Waals surface area contributed by atoms with Crippen molar-refractivity contribution >= 4 is 23.1 Å². The van der Waals surface area contributed by atoms with E-state index in [1.807, 2.05) is 0 Å². The lowest BCUT2D eigenvalue weighted by molar-refractivity contribution is -0.135. The van der Waals surface area contributed by atoms with E-state index in [9.17, 15) is 4.79 Å². The summed E-state index contributed by atoms with van der Waals surface area (Å²) in [5.41, 5.74) is 0. The Morgan fingerprint density at radius 1 is 1.73 bits per heavy atom. The molecule has 1 heterocycles. The number of furan rings is 1. The van der Waals surface area contributed by atoms with Gasteiger partial charge in [-0.1, -0.05) is 12.2 Å². The number of carboxylic acid groups (broad SMARTS) is 1. The molecule has 1 rings (SSSR count). The highest BCUT2D eigenvalue weighted by Crippen LogP contribution is 2.05. The van der Waals surface area contributed by atoms with Gasteiger partial charge in [0.15, 0.2) is 0 Å². The first-order valence-electron chi connectivity index (χ1n) is 2.98. The molecule has 0 spiro atoms. The number of thiocarbonyl (C=S) groups is 1. The molecule has 0 radical (unpaired) electrons. The zero-order chi connectivity index (χ0) is 8.27. The molecule has 1 aromatic heterocycles. The van der Waals surface area contributed by atoms with Gasteiger partial charge in [0.25, 0.3) is 0 Å². The standard InChI is InChI=1S/C7H6O3S/c8-7(9)4-6(11)5-2-1-3-10-5/h1-3H,4H2,(H,8,9). The van der Waals surface area contributed by atoms with Gasteiger partial charge in [-0.2, -0.15) is 0 Å². The molecule has 0 unspecified atom stereocenters. The molecular weight excluding hydrogens is 164 g/mol. The fourth-order valence-corrected chi connectivity index (χ4v) is 0.901. The van der Waals surface area contributed by atoms with Crippen molar-refractivity contribution in [1.82, 2.24) is 0 Å². The largest absolute Gasteiger partial charge is 0.481 e. The van der Waals surface area contributed by atoms with E-state index in [-0.39, 0.29) is 6.42 Å². The van der Waals surface area contributed by atoms with Gasteiger partial charge >= 0.3 is 5.97 Å². The molecule has 1 aromatic rings. The van der Waals surface area contributed by atoms with E-state index >= 15 is 0 Å². The van der Waals surface area contributed by atoms with Crippen LogP contribution < -0.4 is 0 Å². The van der Waals surface area contributed by atoms with Crippen LogP contribution in [0.15, 0.2) is 22.8 Å². The monoisotopic (exact) mass is 170 g/mol. The van der Waals surface area contributed by atoms with E-state index < -0.39 is 5.97 Å². The van der Waals surface area contributed by atoms with Gasteiger partial charge in [-0.3, -0.25) is 4.79 Å². The third-order valence-electron chi connectivity index (χ3n) is 1.11. The molecule has 0 saturated heterocycles. The van der Waals surface area contributed by atoms with Crippen LogP contribution in [-0.4, -0.2) is 15.9 Å². The molecule has 58 valence electrons. The minimum absolute atomic E-state index is 0.150. The molecule has 4 heteroatoms. The highest BCUT2D eigenvalue weighted by atomic mass is 32.1. The zero-order valence-electron chi connectivity index (χ0n) is 5.61. The van der Waals surface area contributed by atoms with Crippen LogP contribution in [0.25, 0.3) is 0 Å². The summed E-state index contributed by atoms with van der Waals surface area (Å²) in [6, 6.07) is 3.31. The maximum Gasteiger partial charge on any atom is 0.308 e. The predicted octanol–water partition coefficient (Wildman–Crippen LogP) is 1.47. The molecule has 0 saturated carbocycles. The highest BCUT2D eigenvalue weighted by molar-refractivity contribution is 7.80. The summed E-state index contributed by atoms with van der Waals surface area (Å²) in [7, 11) is 0. The van der Waals surface area contributed by atoms with Gasteiger partial charge in [0.05, 0.1) is 17.5 Å². The summed E-state index contributed by atoms with van der Waals surface area (Å²) in [5, 5.41) is 8.35. The maximum atomic E-state index is 10.2. The second kappa shape index (κ2) is 3.30. The lowest BCUT2D eigenvalue weighted by Crippen LogP contribution is -2.04. The molecule has 0 amide bonds. The van der Waals surface area contributed by atoms with Gasteiger partial charge in [-0.15, -0.1) is 0 Å². The summed E-state index contributed by atoms with van der Waals surface area (Å²) in [4.78, 5) is 10.5. The van der Waals surface area contributed by atoms with Crippen molar-refractivity contribution in [2.75, 3.05) is 0 Å². The summed E-state index contributed by atoms with van der Waals surface area (Å²) >= 11 is 4.78. The van der Waals surface area contributed by atoms with Crippen LogP contribution in [0.1, 0.15) is 12.2 Å². The zero-order valence-corrected chi connectivity index (χ0v) is 6.43. The van der Waals surface area contributed by atoms with Crippen molar-refractivity contribution in [1.29, 1.82) is 0 Å². The topological polar surface area (TPSA) is 50.4 Å². The number of hydrogen-bond acceptors (Lipinski definition) is 3. The lowest BCUT2D eigenvalue weighted by Gasteiger charge is -1.92. The van der Waals surface area contributed by atoms with Crippen LogP contribution in [0, 0.1) is 0 Å². The minimum Gasteiger partial charge on any atom is -0.481 e. The normalized spacial score (nSPS) is 9.45. The average Bonchev–Trinajstić information content (AvgIpc) is 2.35. The first-order valence-corrected chi connectivity index (χ1v) is 3.39. The second-order valence-corrected chi connectivity index (χ2v) is 2.46. The fraction of sp³-hybridized carbons (Fsp3) is 0.143. The van der Waals surface area contributed by atoms with Crippen molar-refractivity contribution in [3.05, 3.63) is 24.2 Å². The number of rotatable bonds is 3. The third kappa shape index (κ3) is 2.16. The molecule has 0 aliphatic heterocycles. The molecule has 0 bridgehead atoms. The van der Waals surface area contributed by atoms with E-state index in [1.54, 1.807) is 12.1 Å². The Morgan fingerprint density at radius 2 is 2.45 bits per heavy atom. The number of carbonyl (C=O) groups is 1. The smallest absolute Gasteiger partial charge is 0.308 e. The maximum absolute atomic E-state index is 10.2. The number of aliphatic carboxylic acids is 1. The van der Waals surface area contributed by atoms with Crippen molar-refractivity contribution in [3.8, 4) is 0 Å². The quantitative estimate of drug-likeness (QED) is 0.551. The molecule has 0 aliphatic carbocycles. The lowest BCUT2D eigenvalue weighted by atomic mass is 10.2. The fourth-order valence-electron chi connectivity index (χ4n) is 0.662. The Balaban J connectivity index is 2.64. The van der Waals surface area contributed by atoms with Crippen LogP contribution in [-0.2, 0) is 4.79 Å². The Morgan fingerprint density at radius 3 is 2.91 bits per heavy atom. The Hall–Kier alpha value is -1.16. The summed E-state index contributed by atoms with van der Waals surface area (Å²) in [5.74, 6) is -0.478. The van der Waals surface area contributed by atoms with Crippen LogP contribution >= 0.6 is 12.2 Å². The van der Waals surface area contributed by atoms with Crippen LogP contribution in [0.5, 0.6) is 0 Å². The average molecular weight is 170 g/mol. The molecule has 0 atom stereocenters. The molecule has 11 heavy (non-hydrogen) atoms. The van der Waals surface area contributed by atoms with Gasteiger partial charge in [0, 0.05) is 0 Å². The van der Waals surface area contributed by atoms with Gasteiger partial charge in [0.2, 0.25) is 0 Å². The van der Waals surface area contributed by atoms with Crippen molar-refractivity contribution in [2.45, 2.75) is 6.42 Å². The predicted molar refractivity (Wildman–Crippen MR) is 42.7 cm³/mol. The summed E-state index contributed by atoms with van der Waals surface area (Å²) in [6.07, 6.45) is 1.31. The van der Waals surface area contributed by atoms with E-state index in [2.05, 4.69) is 0 Å². The highest BCUT2D eigenvalue weighted by Gasteiger charge is 2.07. The van der Waals surface area contributed by atoms with E-state index in [1.165, 1.54) is 6.26 Å². The number of carboxylic acids is 1. The summed E-state index contributed by atoms with van der Waals surface area (Å²) in [6.45, 7) is 0. The Labute approximate surface area is 68.6 Å². The van der Waals surface area contributed by atoms with Crippen LogP contribution in [0.3, 0.4) is 0 Å². The van der Waals surface area contributed by atoms with E-state index in [4.69, 9.17) is 21.7 Å². The molecule has 0 fully saturated rings. The van der Waals surface area contributed by atoms with Gasteiger partial charge in [-0.05, 0) is 12.1 Å². The Bertz CT molecular complexity index is 263. The van der Waals surface area contributed by atoms with Crippen LogP contribution in [0.4, 0.5) is 0 Å². The molecule has 1 N–H and O–H groups in total. The van der Waals surface area contributed by atoms with E-state index in [0.717, 1.165) is 0 Å². The van der Waals surface area contributed by atoms with Gasteiger partial charge in [0.1, 0.15) is 5.76 Å². The third-order valence-corrected chi connectivity index (χ3v) is 1.45. The van der Waals surface area contributed by atoms with Crippen molar-refractivity contribution < 1.29 is 14.3 Å². The number of hydrogen-bond donors (Lipinski definition) is 1. The first-order chi connectivity index (χ1) is 5.20. The molecule has 3 nitrogen and oxygen atoms in total.